The van der Waals surface area contributed by atoms with Gasteiger partial charge in [-0.25, -0.2) is 8.42 Å². The van der Waals surface area contributed by atoms with Crippen molar-refractivity contribution >= 4 is 10.4 Å². The van der Waals surface area contributed by atoms with Crippen LogP contribution in [-0.2, 0) is 14.6 Å². The third-order valence-corrected chi connectivity index (χ3v) is 12.0. The molecule has 0 saturated heterocycles. The van der Waals surface area contributed by atoms with E-state index < -0.39 is 16.5 Å². The first kappa shape index (κ1) is 30.2. The Hall–Kier alpha value is 0.610. The van der Waals surface area contributed by atoms with Gasteiger partial charge in [-0.3, -0.25) is 4.18 Å². The van der Waals surface area contributed by atoms with Crippen LogP contribution in [0.1, 0.15) is 112 Å². The van der Waals surface area contributed by atoms with Gasteiger partial charge in [-0.2, -0.15) is 0 Å². The molecule has 3 fully saturated rings. The molecule has 0 N–H and O–H groups in total. The molecule has 0 heterocycles. The molecule has 0 radical (unpaired) electrons. The van der Waals surface area contributed by atoms with Crippen LogP contribution in [0.3, 0.4) is 0 Å². The summed E-state index contributed by atoms with van der Waals surface area (Å²) in [6, 6.07) is 0. The predicted molar refractivity (Wildman–Crippen MR) is 137 cm³/mol. The summed E-state index contributed by atoms with van der Waals surface area (Å²) in [7, 11) is -4.63. The van der Waals surface area contributed by atoms with Crippen molar-refractivity contribution in [3.05, 3.63) is 11.6 Å². The zero-order valence-electron chi connectivity index (χ0n) is 23.5. The van der Waals surface area contributed by atoms with Crippen molar-refractivity contribution in [1.29, 1.82) is 0 Å². The molecule has 0 aromatic heterocycles. The van der Waals surface area contributed by atoms with E-state index >= 15 is 0 Å². The molecule has 0 bridgehead atoms. The average molecular weight is 517 g/mol. The Morgan fingerprint density at radius 1 is 1.06 bits per heavy atom. The van der Waals surface area contributed by atoms with Crippen molar-refractivity contribution in [2.75, 3.05) is 0 Å². The van der Waals surface area contributed by atoms with Crippen LogP contribution >= 0.6 is 0 Å². The van der Waals surface area contributed by atoms with E-state index in [4.69, 9.17) is 4.18 Å². The molecule has 3 saturated carbocycles. The molecular formula is C29H49NaO4S. The van der Waals surface area contributed by atoms with Gasteiger partial charge < -0.3 is 4.55 Å². The Balaban J connectivity index is 0.00000342. The molecule has 1 unspecified atom stereocenters. The minimum absolute atomic E-state index is 0. The van der Waals surface area contributed by atoms with Crippen LogP contribution in [0.15, 0.2) is 11.6 Å². The van der Waals surface area contributed by atoms with E-state index in [0.717, 1.165) is 48.3 Å². The Morgan fingerprint density at radius 3 is 2.40 bits per heavy atom. The van der Waals surface area contributed by atoms with Gasteiger partial charge in [0.05, 0.1) is 6.10 Å². The van der Waals surface area contributed by atoms with Crippen molar-refractivity contribution in [3.8, 4) is 0 Å². The summed E-state index contributed by atoms with van der Waals surface area (Å²) >= 11 is 0. The van der Waals surface area contributed by atoms with E-state index in [1.165, 1.54) is 50.5 Å². The zero-order valence-corrected chi connectivity index (χ0v) is 26.3. The molecule has 35 heavy (non-hydrogen) atoms. The number of fused-ring (bicyclic) bond motifs is 5. The number of rotatable bonds is 8. The first-order valence-corrected chi connectivity index (χ1v) is 15.6. The zero-order chi connectivity index (χ0) is 24.9. The smallest absolute Gasteiger partial charge is 0.726 e. The van der Waals surface area contributed by atoms with Gasteiger partial charge in [0.2, 0.25) is 10.4 Å². The number of hydrogen-bond donors (Lipinski definition) is 0. The predicted octanol–water partition coefficient (Wildman–Crippen LogP) is 4.51. The first-order valence-electron chi connectivity index (χ1n) is 14.2. The summed E-state index contributed by atoms with van der Waals surface area (Å²) in [4.78, 5) is 0. The fourth-order valence-electron chi connectivity index (χ4n) is 9.54. The van der Waals surface area contributed by atoms with E-state index in [9.17, 15) is 13.0 Å². The second kappa shape index (κ2) is 11.4. The first-order chi connectivity index (χ1) is 15.9. The van der Waals surface area contributed by atoms with Gasteiger partial charge in [0.1, 0.15) is 0 Å². The Morgan fingerprint density at radius 2 is 1.77 bits per heavy atom. The molecule has 4 nitrogen and oxygen atoms in total. The van der Waals surface area contributed by atoms with E-state index in [0.29, 0.717) is 24.2 Å². The van der Waals surface area contributed by atoms with Gasteiger partial charge in [-0.15, -0.1) is 0 Å². The van der Waals surface area contributed by atoms with E-state index in [-0.39, 0.29) is 35.0 Å². The van der Waals surface area contributed by atoms with Crippen LogP contribution in [0.5, 0.6) is 0 Å². The van der Waals surface area contributed by atoms with E-state index in [1.807, 2.05) is 0 Å². The molecule has 0 spiro atoms. The van der Waals surface area contributed by atoms with Gasteiger partial charge in [0.25, 0.3) is 0 Å². The number of allylic oxidation sites excluding steroid dienone is 1. The largest absolute Gasteiger partial charge is 1.00 e. The van der Waals surface area contributed by atoms with Crippen molar-refractivity contribution in [2.24, 2.45) is 52.3 Å². The maximum absolute atomic E-state index is 11.2. The third kappa shape index (κ3) is 5.96. The molecule has 6 heteroatoms. The van der Waals surface area contributed by atoms with E-state index in [2.05, 4.69) is 47.6 Å². The van der Waals surface area contributed by atoms with Crippen LogP contribution < -0.4 is 29.6 Å². The van der Waals surface area contributed by atoms with E-state index in [1.54, 1.807) is 0 Å². The maximum atomic E-state index is 11.2. The van der Waals surface area contributed by atoms with Crippen LogP contribution in [-0.4, -0.2) is 19.1 Å². The molecule has 196 valence electrons. The standard InChI is InChI=1S/C29H50O4S.Na/c1-7-21(19(2)3)9-8-20(4)25-12-13-26-24-11-10-22-18-23(33-34(30,31)32)14-16-28(22,5)27(24)15-17-29(25,26)6;/h10,19-21,23-27H,7-9,11-18H2,1-6H3,(H,30,31,32);/q;+1/p-1/t20-,21?,23+,24+,25-,26+,27+,28+,29-;/m1./s1. The number of hydrogen-bond acceptors (Lipinski definition) is 4. The topological polar surface area (TPSA) is 66.4 Å². The van der Waals surface area contributed by atoms with Gasteiger partial charge >= 0.3 is 29.6 Å². The van der Waals surface area contributed by atoms with Crippen molar-refractivity contribution < 1.29 is 46.7 Å². The van der Waals surface area contributed by atoms with Crippen molar-refractivity contribution in [2.45, 2.75) is 118 Å². The Kier molecular flexibility index (Phi) is 9.81. The van der Waals surface area contributed by atoms with Crippen molar-refractivity contribution in [1.82, 2.24) is 0 Å². The third-order valence-electron chi connectivity index (χ3n) is 11.5. The quantitative estimate of drug-likeness (QED) is 0.206. The molecule has 9 atom stereocenters. The van der Waals surface area contributed by atoms with Gasteiger partial charge in [-0.05, 0) is 110 Å². The van der Waals surface area contributed by atoms with Crippen LogP contribution in [0.2, 0.25) is 0 Å². The maximum Gasteiger partial charge on any atom is 1.00 e. The minimum Gasteiger partial charge on any atom is -0.726 e. The normalized spacial score (nSPS) is 40.7. The molecule has 0 aromatic rings. The summed E-state index contributed by atoms with van der Waals surface area (Å²) in [5.41, 5.74) is 1.98. The summed E-state index contributed by atoms with van der Waals surface area (Å²) in [5, 5.41) is 0. The second-order valence-corrected chi connectivity index (χ2v) is 14.3. The molecule has 4 aliphatic carbocycles. The summed E-state index contributed by atoms with van der Waals surface area (Å²) in [6.45, 7) is 14.7. The molecule has 0 aromatic carbocycles. The fraction of sp³-hybridized carbons (Fsp3) is 0.931. The summed E-state index contributed by atoms with van der Waals surface area (Å²) < 4.78 is 38.3. The Labute approximate surface area is 238 Å². The van der Waals surface area contributed by atoms with Crippen LogP contribution in [0.25, 0.3) is 0 Å². The monoisotopic (exact) mass is 516 g/mol. The second-order valence-electron chi connectivity index (χ2n) is 13.3. The van der Waals surface area contributed by atoms with Gasteiger partial charge in [0, 0.05) is 0 Å². The Bertz CT molecular complexity index is 870. The summed E-state index contributed by atoms with van der Waals surface area (Å²) in [5.74, 6) is 5.58. The van der Waals surface area contributed by atoms with Crippen molar-refractivity contribution in [3.63, 3.8) is 0 Å². The molecule has 0 amide bonds. The molecule has 4 rings (SSSR count). The minimum atomic E-state index is -4.63. The average Bonchev–Trinajstić information content (AvgIpc) is 3.10. The fourth-order valence-corrected chi connectivity index (χ4v) is 10.0. The van der Waals surface area contributed by atoms with Gasteiger partial charge in [0.15, 0.2) is 0 Å². The molecule has 4 aliphatic rings. The van der Waals surface area contributed by atoms with Crippen LogP contribution in [0, 0.1) is 52.3 Å². The molecular weight excluding hydrogens is 467 g/mol. The summed E-state index contributed by atoms with van der Waals surface area (Å²) in [6.07, 6.45) is 14.8. The molecule has 0 aliphatic heterocycles. The van der Waals surface area contributed by atoms with Gasteiger partial charge in [-0.1, -0.05) is 66.0 Å². The SMILES string of the molecule is CCC(CC[C@@H](C)[C@H]1CC[C@H]2[C@@H]3CC=C4C[C@@H](OS(=O)(=O)[O-])CC[C@]4(C)[C@H]3CC[C@]12C)C(C)C.[Na+]. The van der Waals surface area contributed by atoms with Crippen LogP contribution in [0.4, 0.5) is 0 Å².